The number of rotatable bonds is 6. The van der Waals surface area contributed by atoms with Gasteiger partial charge in [-0.2, -0.15) is 0 Å². The maximum atomic E-state index is 13.2. The van der Waals surface area contributed by atoms with E-state index in [-0.39, 0.29) is 35.8 Å². The number of halogens is 1. The standard InChI is InChI=1S/C30H29FN2O4/c1-20-17-33(21(2)16-32(20)18-22-11-13-24(31)14-12-22)29(35)19-36-26-9-6-10-27-30(26)25(34)15-28(37-27)23-7-4-3-5-8-23/h3-15,20-21H,16-19H2,1-2H3. The summed E-state index contributed by atoms with van der Waals surface area (Å²) >= 11 is 0. The van der Waals surface area contributed by atoms with Crippen LogP contribution in [0.1, 0.15) is 19.4 Å². The van der Waals surface area contributed by atoms with Crippen LogP contribution < -0.4 is 10.2 Å². The number of fused-ring (bicyclic) bond motifs is 1. The van der Waals surface area contributed by atoms with Crippen LogP contribution in [-0.4, -0.2) is 47.5 Å². The van der Waals surface area contributed by atoms with Crippen LogP contribution in [0.3, 0.4) is 0 Å². The van der Waals surface area contributed by atoms with Gasteiger partial charge in [0.15, 0.2) is 12.0 Å². The zero-order chi connectivity index (χ0) is 25.9. The second-order valence-corrected chi connectivity index (χ2v) is 9.56. The van der Waals surface area contributed by atoms with Crippen LogP contribution in [0.4, 0.5) is 4.39 Å². The first-order valence-electron chi connectivity index (χ1n) is 12.4. The Bertz CT molecular complexity index is 1450. The van der Waals surface area contributed by atoms with Crippen molar-refractivity contribution in [3.63, 3.8) is 0 Å². The van der Waals surface area contributed by atoms with Crippen molar-refractivity contribution in [1.29, 1.82) is 0 Å². The SMILES string of the molecule is CC1CN(C(=O)COc2cccc3oc(-c4ccccc4)cc(=O)c23)C(C)CN1Cc1ccc(F)cc1. The Labute approximate surface area is 214 Å². The number of carbonyl (C=O) groups excluding carboxylic acids is 1. The van der Waals surface area contributed by atoms with Crippen molar-refractivity contribution >= 4 is 16.9 Å². The van der Waals surface area contributed by atoms with Crippen LogP contribution in [0.2, 0.25) is 0 Å². The van der Waals surface area contributed by atoms with Crippen LogP contribution in [0.15, 0.2) is 88.1 Å². The van der Waals surface area contributed by atoms with Gasteiger partial charge in [0.05, 0.1) is 0 Å². The monoisotopic (exact) mass is 500 g/mol. The van der Waals surface area contributed by atoms with E-state index in [1.807, 2.05) is 42.2 Å². The predicted octanol–water partition coefficient (Wildman–Crippen LogP) is 5.10. The lowest BCUT2D eigenvalue weighted by atomic mass is 10.1. The van der Waals surface area contributed by atoms with Gasteiger partial charge in [-0.15, -0.1) is 0 Å². The number of benzene rings is 3. The van der Waals surface area contributed by atoms with Gasteiger partial charge in [-0.3, -0.25) is 14.5 Å². The lowest BCUT2D eigenvalue weighted by molar-refractivity contribution is -0.139. The number of hydrogen-bond acceptors (Lipinski definition) is 5. The Kier molecular flexibility index (Phi) is 7.06. The molecule has 0 bridgehead atoms. The van der Waals surface area contributed by atoms with Crippen LogP contribution in [-0.2, 0) is 11.3 Å². The highest BCUT2D eigenvalue weighted by Crippen LogP contribution is 2.27. The highest BCUT2D eigenvalue weighted by molar-refractivity contribution is 5.85. The summed E-state index contributed by atoms with van der Waals surface area (Å²) in [5.41, 5.74) is 2.03. The van der Waals surface area contributed by atoms with Crippen molar-refractivity contribution in [2.24, 2.45) is 0 Å². The first kappa shape index (κ1) is 24.7. The van der Waals surface area contributed by atoms with E-state index < -0.39 is 0 Å². The molecule has 190 valence electrons. The van der Waals surface area contributed by atoms with Crippen molar-refractivity contribution in [3.05, 3.63) is 100 Å². The summed E-state index contributed by atoms with van der Waals surface area (Å²) in [6.07, 6.45) is 0. The summed E-state index contributed by atoms with van der Waals surface area (Å²) in [6, 6.07) is 22.7. The summed E-state index contributed by atoms with van der Waals surface area (Å²) in [4.78, 5) is 30.2. The minimum atomic E-state index is -0.249. The molecule has 2 unspecified atom stereocenters. The summed E-state index contributed by atoms with van der Waals surface area (Å²) in [6.45, 7) is 5.87. The molecular weight excluding hydrogens is 471 g/mol. The van der Waals surface area contributed by atoms with Crippen molar-refractivity contribution < 1.29 is 18.3 Å². The molecule has 2 atom stereocenters. The molecule has 2 heterocycles. The Hall–Kier alpha value is -3.97. The summed E-state index contributed by atoms with van der Waals surface area (Å²) in [5, 5.41) is 0.320. The Morgan fingerprint density at radius 1 is 0.973 bits per heavy atom. The molecule has 1 aromatic heterocycles. The third-order valence-corrected chi connectivity index (χ3v) is 6.86. The van der Waals surface area contributed by atoms with Gasteiger partial charge in [0.25, 0.3) is 5.91 Å². The normalized spacial score (nSPS) is 18.2. The first-order valence-corrected chi connectivity index (χ1v) is 12.4. The predicted molar refractivity (Wildman–Crippen MR) is 141 cm³/mol. The fourth-order valence-corrected chi connectivity index (χ4v) is 4.86. The molecule has 6 nitrogen and oxygen atoms in total. The number of ether oxygens (including phenoxy) is 1. The van der Waals surface area contributed by atoms with Crippen molar-refractivity contribution in [3.8, 4) is 17.1 Å². The second kappa shape index (κ2) is 10.6. The number of hydrogen-bond donors (Lipinski definition) is 0. The molecule has 0 spiro atoms. The zero-order valence-corrected chi connectivity index (χ0v) is 20.9. The van der Waals surface area contributed by atoms with Gasteiger partial charge in [0.1, 0.15) is 28.3 Å². The molecule has 1 aliphatic heterocycles. The highest BCUT2D eigenvalue weighted by atomic mass is 19.1. The van der Waals surface area contributed by atoms with Crippen LogP contribution in [0, 0.1) is 5.82 Å². The second-order valence-electron chi connectivity index (χ2n) is 9.56. The molecule has 1 saturated heterocycles. The lowest BCUT2D eigenvalue weighted by Gasteiger charge is -2.44. The summed E-state index contributed by atoms with van der Waals surface area (Å²) in [7, 11) is 0. The first-order chi connectivity index (χ1) is 17.9. The molecule has 1 amide bonds. The van der Waals surface area contributed by atoms with Gasteiger partial charge in [-0.1, -0.05) is 48.5 Å². The lowest BCUT2D eigenvalue weighted by Crippen LogP contribution is -2.58. The van der Waals surface area contributed by atoms with Gasteiger partial charge in [-0.05, 0) is 43.7 Å². The third kappa shape index (κ3) is 5.42. The molecule has 0 saturated carbocycles. The van der Waals surface area contributed by atoms with E-state index in [1.54, 1.807) is 30.3 Å². The Morgan fingerprint density at radius 3 is 2.49 bits per heavy atom. The molecule has 5 rings (SSSR count). The molecule has 3 aromatic carbocycles. The van der Waals surface area contributed by atoms with E-state index in [0.717, 1.165) is 11.1 Å². The molecule has 0 aliphatic carbocycles. The van der Waals surface area contributed by atoms with Gasteiger partial charge < -0.3 is 14.1 Å². The average molecular weight is 501 g/mol. The fraction of sp³-hybridized carbons (Fsp3) is 0.267. The number of piperazine rings is 1. The van der Waals surface area contributed by atoms with Crippen LogP contribution >= 0.6 is 0 Å². The van der Waals surface area contributed by atoms with Gasteiger partial charge >= 0.3 is 0 Å². The Morgan fingerprint density at radius 2 is 1.73 bits per heavy atom. The minimum Gasteiger partial charge on any atom is -0.483 e. The molecule has 1 aliphatic rings. The highest BCUT2D eigenvalue weighted by Gasteiger charge is 2.32. The fourth-order valence-electron chi connectivity index (χ4n) is 4.86. The summed E-state index contributed by atoms with van der Waals surface area (Å²) < 4.78 is 25.1. The largest absolute Gasteiger partial charge is 0.483 e. The van der Waals surface area contributed by atoms with E-state index in [0.29, 0.717) is 42.1 Å². The molecule has 4 aromatic rings. The Balaban J connectivity index is 1.26. The smallest absolute Gasteiger partial charge is 0.260 e. The van der Waals surface area contributed by atoms with Gasteiger partial charge in [0.2, 0.25) is 0 Å². The molecule has 0 N–H and O–H groups in total. The van der Waals surface area contributed by atoms with E-state index in [9.17, 15) is 14.0 Å². The van der Waals surface area contributed by atoms with Crippen LogP contribution in [0.5, 0.6) is 5.75 Å². The number of amides is 1. The van der Waals surface area contributed by atoms with Crippen molar-refractivity contribution in [1.82, 2.24) is 9.80 Å². The van der Waals surface area contributed by atoms with E-state index in [2.05, 4.69) is 11.8 Å². The third-order valence-electron chi connectivity index (χ3n) is 6.86. The van der Waals surface area contributed by atoms with Crippen LogP contribution in [0.25, 0.3) is 22.3 Å². The molecule has 7 heteroatoms. The van der Waals surface area contributed by atoms with Gasteiger partial charge in [-0.25, -0.2) is 4.39 Å². The molecule has 37 heavy (non-hydrogen) atoms. The van der Waals surface area contributed by atoms with E-state index in [1.165, 1.54) is 18.2 Å². The minimum absolute atomic E-state index is 0.0150. The van der Waals surface area contributed by atoms with Gasteiger partial charge in [0, 0.05) is 43.3 Å². The topological polar surface area (TPSA) is 63.0 Å². The maximum absolute atomic E-state index is 13.2. The zero-order valence-electron chi connectivity index (χ0n) is 20.9. The van der Waals surface area contributed by atoms with Crippen molar-refractivity contribution in [2.75, 3.05) is 19.7 Å². The maximum Gasteiger partial charge on any atom is 0.260 e. The van der Waals surface area contributed by atoms with E-state index >= 15 is 0 Å². The number of nitrogens with zero attached hydrogens (tertiary/aromatic N) is 2. The summed E-state index contributed by atoms with van der Waals surface area (Å²) in [5.74, 6) is 0.423. The molecule has 0 radical (unpaired) electrons. The molecular formula is C30H29FN2O4. The van der Waals surface area contributed by atoms with E-state index in [4.69, 9.17) is 9.15 Å². The quantitative estimate of drug-likeness (QED) is 0.369. The number of carbonyl (C=O) groups is 1. The van der Waals surface area contributed by atoms with Crippen molar-refractivity contribution in [2.45, 2.75) is 32.5 Å². The molecule has 1 fully saturated rings. The average Bonchev–Trinajstić information content (AvgIpc) is 2.90.